The lowest BCUT2D eigenvalue weighted by Crippen LogP contribution is -1.97. The summed E-state index contributed by atoms with van der Waals surface area (Å²) < 4.78 is 5.57. The van der Waals surface area contributed by atoms with Gasteiger partial charge in [0.2, 0.25) is 10.6 Å². The highest BCUT2D eigenvalue weighted by Crippen LogP contribution is 2.27. The van der Waals surface area contributed by atoms with Crippen LogP contribution in [0, 0.1) is 13.8 Å². The Hall–Kier alpha value is -1.39. The van der Waals surface area contributed by atoms with E-state index >= 15 is 0 Å². The van der Waals surface area contributed by atoms with Crippen molar-refractivity contribution in [2.75, 3.05) is 0 Å². The van der Waals surface area contributed by atoms with Crippen LogP contribution in [0.15, 0.2) is 18.2 Å². The van der Waals surface area contributed by atoms with Crippen LogP contribution >= 0.6 is 23.2 Å². The maximum absolute atomic E-state index is 5.67. The molecule has 88 valence electrons. The van der Waals surface area contributed by atoms with Gasteiger partial charge in [0.1, 0.15) is 5.75 Å². The fraction of sp³-hybridized carbons (Fsp3) is 0.182. The van der Waals surface area contributed by atoms with Gasteiger partial charge in [0.15, 0.2) is 0 Å². The lowest BCUT2D eigenvalue weighted by molar-refractivity contribution is 0.433. The van der Waals surface area contributed by atoms with Gasteiger partial charge in [0.25, 0.3) is 0 Å². The normalized spacial score (nSPS) is 10.4. The number of nitrogens with zero attached hydrogens (tertiary/aromatic N) is 3. The first-order chi connectivity index (χ1) is 8.06. The Bertz CT molecular complexity index is 520. The second kappa shape index (κ2) is 4.85. The van der Waals surface area contributed by atoms with Crippen LogP contribution in [0.3, 0.4) is 0 Å². The summed E-state index contributed by atoms with van der Waals surface area (Å²) in [5.41, 5.74) is 1.97. The third-order valence-corrected chi connectivity index (χ3v) is 2.50. The molecule has 0 aliphatic heterocycles. The van der Waals surface area contributed by atoms with E-state index in [0.29, 0.717) is 5.75 Å². The molecule has 4 nitrogen and oxygen atoms in total. The summed E-state index contributed by atoms with van der Waals surface area (Å²) in [4.78, 5) is 11.3. The van der Waals surface area contributed by atoms with E-state index in [-0.39, 0.29) is 16.6 Å². The molecule has 0 spiro atoms. The van der Waals surface area contributed by atoms with Crippen LogP contribution < -0.4 is 4.74 Å². The van der Waals surface area contributed by atoms with Crippen molar-refractivity contribution < 1.29 is 4.74 Å². The third-order valence-electron chi connectivity index (χ3n) is 2.16. The van der Waals surface area contributed by atoms with E-state index in [0.717, 1.165) is 11.1 Å². The molecular formula is C11H9Cl2N3O. The Balaban J connectivity index is 2.38. The molecule has 17 heavy (non-hydrogen) atoms. The maximum atomic E-state index is 5.67. The first kappa shape index (κ1) is 12.1. The molecule has 0 aliphatic carbocycles. The van der Waals surface area contributed by atoms with Crippen LogP contribution in [0.2, 0.25) is 10.6 Å². The van der Waals surface area contributed by atoms with Gasteiger partial charge in [0.05, 0.1) is 0 Å². The highest BCUT2D eigenvalue weighted by atomic mass is 35.5. The molecule has 0 amide bonds. The number of hydrogen-bond acceptors (Lipinski definition) is 4. The summed E-state index contributed by atoms with van der Waals surface area (Å²) in [6, 6.07) is 5.91. The molecule has 0 radical (unpaired) electrons. The minimum Gasteiger partial charge on any atom is -0.424 e. The first-order valence-electron chi connectivity index (χ1n) is 4.87. The number of ether oxygens (including phenoxy) is 1. The predicted molar refractivity (Wildman–Crippen MR) is 65.8 cm³/mol. The van der Waals surface area contributed by atoms with Crippen LogP contribution in [0.4, 0.5) is 0 Å². The van der Waals surface area contributed by atoms with Gasteiger partial charge in [-0.2, -0.15) is 15.0 Å². The van der Waals surface area contributed by atoms with Crippen molar-refractivity contribution in [1.82, 2.24) is 15.0 Å². The molecule has 1 heterocycles. The summed E-state index contributed by atoms with van der Waals surface area (Å²) in [7, 11) is 0. The summed E-state index contributed by atoms with van der Waals surface area (Å²) >= 11 is 11.3. The fourth-order valence-electron chi connectivity index (χ4n) is 1.41. The standard InChI is InChI=1S/C11H9Cl2N3O/c1-6-4-3-5-7(2)8(6)17-11-15-9(12)14-10(13)16-11/h3-5H,1-2H3. The largest absolute Gasteiger partial charge is 0.424 e. The summed E-state index contributed by atoms with van der Waals surface area (Å²) in [5.74, 6) is 0.700. The molecule has 0 unspecified atom stereocenters. The molecule has 0 saturated heterocycles. The molecular weight excluding hydrogens is 261 g/mol. The van der Waals surface area contributed by atoms with E-state index in [9.17, 15) is 0 Å². The summed E-state index contributed by atoms with van der Waals surface area (Å²) in [5, 5.41) is 0.0116. The third kappa shape index (κ3) is 2.84. The Morgan fingerprint density at radius 3 is 2.00 bits per heavy atom. The molecule has 0 N–H and O–H groups in total. The lowest BCUT2D eigenvalue weighted by Gasteiger charge is -2.09. The number of para-hydroxylation sites is 1. The van der Waals surface area contributed by atoms with Gasteiger partial charge in [-0.15, -0.1) is 0 Å². The summed E-state index contributed by atoms with van der Waals surface area (Å²) in [6.07, 6.45) is 0. The maximum Gasteiger partial charge on any atom is 0.327 e. The first-order valence-corrected chi connectivity index (χ1v) is 5.63. The van der Waals surface area contributed by atoms with Crippen LogP contribution in [0.1, 0.15) is 11.1 Å². The smallest absolute Gasteiger partial charge is 0.327 e. The van der Waals surface area contributed by atoms with Crippen LogP contribution in [-0.4, -0.2) is 15.0 Å². The zero-order valence-corrected chi connectivity index (χ0v) is 10.7. The van der Waals surface area contributed by atoms with Crippen LogP contribution in [-0.2, 0) is 0 Å². The van der Waals surface area contributed by atoms with E-state index in [2.05, 4.69) is 15.0 Å². The Morgan fingerprint density at radius 2 is 1.47 bits per heavy atom. The zero-order chi connectivity index (χ0) is 12.4. The van der Waals surface area contributed by atoms with Crippen LogP contribution in [0.25, 0.3) is 0 Å². The number of benzene rings is 1. The molecule has 6 heteroatoms. The number of aryl methyl sites for hydroxylation is 2. The molecule has 2 aromatic rings. The monoisotopic (exact) mass is 269 g/mol. The number of hydrogen-bond donors (Lipinski definition) is 0. The van der Waals surface area contributed by atoms with Gasteiger partial charge in [0, 0.05) is 0 Å². The SMILES string of the molecule is Cc1cccc(C)c1Oc1nc(Cl)nc(Cl)n1. The molecule has 0 saturated carbocycles. The molecule has 1 aromatic heterocycles. The molecule has 2 rings (SSSR count). The molecule has 0 aliphatic rings. The lowest BCUT2D eigenvalue weighted by atomic mass is 10.1. The minimum atomic E-state index is 0.00578. The molecule has 0 fully saturated rings. The molecule has 1 aromatic carbocycles. The van der Waals surface area contributed by atoms with Crippen molar-refractivity contribution in [2.24, 2.45) is 0 Å². The van der Waals surface area contributed by atoms with E-state index in [1.54, 1.807) is 0 Å². The minimum absolute atomic E-state index is 0.00578. The van der Waals surface area contributed by atoms with Crippen molar-refractivity contribution in [1.29, 1.82) is 0 Å². The number of rotatable bonds is 2. The zero-order valence-electron chi connectivity index (χ0n) is 9.24. The number of halogens is 2. The highest BCUT2D eigenvalue weighted by Gasteiger charge is 2.09. The fourth-order valence-corrected chi connectivity index (χ4v) is 1.75. The number of aromatic nitrogens is 3. The van der Waals surface area contributed by atoms with E-state index in [1.807, 2.05) is 32.0 Å². The molecule has 0 bridgehead atoms. The second-order valence-electron chi connectivity index (χ2n) is 3.48. The average molecular weight is 270 g/mol. The van der Waals surface area contributed by atoms with Gasteiger partial charge in [-0.1, -0.05) is 18.2 Å². The Kier molecular flexibility index (Phi) is 3.45. The van der Waals surface area contributed by atoms with Crippen molar-refractivity contribution in [3.05, 3.63) is 39.9 Å². The quantitative estimate of drug-likeness (QED) is 0.836. The van der Waals surface area contributed by atoms with Crippen molar-refractivity contribution in [3.63, 3.8) is 0 Å². The van der Waals surface area contributed by atoms with E-state index in [4.69, 9.17) is 27.9 Å². The van der Waals surface area contributed by atoms with E-state index in [1.165, 1.54) is 0 Å². The van der Waals surface area contributed by atoms with Crippen molar-refractivity contribution in [3.8, 4) is 11.8 Å². The average Bonchev–Trinajstić information content (AvgIpc) is 2.22. The topological polar surface area (TPSA) is 47.9 Å². The van der Waals surface area contributed by atoms with Gasteiger partial charge in [-0.25, -0.2) is 0 Å². The van der Waals surface area contributed by atoms with E-state index < -0.39 is 0 Å². The van der Waals surface area contributed by atoms with Crippen LogP contribution in [0.5, 0.6) is 11.8 Å². The predicted octanol–water partition coefficient (Wildman–Crippen LogP) is 3.59. The highest BCUT2D eigenvalue weighted by molar-refractivity contribution is 6.31. The molecule has 0 atom stereocenters. The Labute approximate surface area is 109 Å². The van der Waals surface area contributed by atoms with Crippen molar-refractivity contribution >= 4 is 23.2 Å². The van der Waals surface area contributed by atoms with Gasteiger partial charge in [-0.3, -0.25) is 0 Å². The summed E-state index contributed by atoms with van der Waals surface area (Å²) in [6.45, 7) is 3.87. The van der Waals surface area contributed by atoms with Gasteiger partial charge in [-0.05, 0) is 48.2 Å². The van der Waals surface area contributed by atoms with Crippen molar-refractivity contribution in [2.45, 2.75) is 13.8 Å². The Morgan fingerprint density at radius 1 is 0.941 bits per heavy atom. The second-order valence-corrected chi connectivity index (χ2v) is 4.16. The van der Waals surface area contributed by atoms with Gasteiger partial charge < -0.3 is 4.74 Å². The van der Waals surface area contributed by atoms with Gasteiger partial charge >= 0.3 is 6.01 Å².